The van der Waals surface area contributed by atoms with Crippen LogP contribution in [0.25, 0.3) is 22.3 Å². The van der Waals surface area contributed by atoms with E-state index in [-0.39, 0.29) is 53.0 Å². The third-order valence-electron chi connectivity index (χ3n) is 5.24. The largest absolute Gasteiger partial charge is 0.491 e. The minimum atomic E-state index is -1.08. The molecule has 4 rings (SSSR count). The molecule has 150 valence electrons. The summed E-state index contributed by atoms with van der Waals surface area (Å²) >= 11 is 0. The maximum atomic E-state index is 15.0. The van der Waals surface area contributed by atoms with Crippen LogP contribution in [0.1, 0.15) is 23.6 Å². The molecule has 0 spiro atoms. The fourth-order valence-electron chi connectivity index (χ4n) is 3.73. The first-order valence-corrected chi connectivity index (χ1v) is 9.25. The maximum absolute atomic E-state index is 15.0. The summed E-state index contributed by atoms with van der Waals surface area (Å²) in [4.78, 5) is 0. The third kappa shape index (κ3) is 2.98. The molecule has 0 fully saturated rings. The highest BCUT2D eigenvalue weighted by Crippen LogP contribution is 2.51. The van der Waals surface area contributed by atoms with Crippen LogP contribution in [0.5, 0.6) is 5.75 Å². The number of benzene rings is 3. The highest BCUT2D eigenvalue weighted by atomic mass is 19.2. The Kier molecular flexibility index (Phi) is 4.81. The zero-order chi connectivity index (χ0) is 20.9. The summed E-state index contributed by atoms with van der Waals surface area (Å²) in [6, 6.07) is 7.41. The van der Waals surface area contributed by atoms with E-state index in [4.69, 9.17) is 4.74 Å². The Morgan fingerprint density at radius 1 is 0.690 bits per heavy atom. The lowest BCUT2D eigenvalue weighted by Gasteiger charge is -2.27. The van der Waals surface area contributed by atoms with E-state index in [1.165, 1.54) is 31.2 Å². The molecule has 0 atom stereocenters. The Balaban J connectivity index is 1.62. The summed E-state index contributed by atoms with van der Waals surface area (Å²) in [5, 5.41) is 0. The van der Waals surface area contributed by atoms with Crippen LogP contribution >= 0.6 is 0 Å². The van der Waals surface area contributed by atoms with Gasteiger partial charge in [0.15, 0.2) is 23.2 Å². The zero-order valence-corrected chi connectivity index (χ0v) is 15.8. The minimum Gasteiger partial charge on any atom is -0.491 e. The molecule has 0 unspecified atom stereocenters. The third-order valence-corrected chi connectivity index (χ3v) is 5.24. The molecule has 3 aromatic carbocycles. The predicted molar refractivity (Wildman–Crippen MR) is 100 cm³/mol. The predicted octanol–water partition coefficient (Wildman–Crippen LogP) is 6.52. The second-order valence-electron chi connectivity index (χ2n) is 6.99. The highest BCUT2D eigenvalue weighted by Gasteiger charge is 2.33. The monoisotopic (exact) mass is 404 g/mol. The molecule has 0 saturated carbocycles. The summed E-state index contributed by atoms with van der Waals surface area (Å²) in [6.45, 7) is 3.31. The van der Waals surface area contributed by atoms with E-state index in [1.54, 1.807) is 13.0 Å². The van der Waals surface area contributed by atoms with Crippen molar-refractivity contribution in [3.05, 3.63) is 76.1 Å². The van der Waals surface area contributed by atoms with Gasteiger partial charge in [-0.3, -0.25) is 0 Å². The summed E-state index contributed by atoms with van der Waals surface area (Å²) < 4.78 is 76.4. The van der Waals surface area contributed by atoms with Crippen LogP contribution < -0.4 is 4.74 Å². The molecule has 0 amide bonds. The Morgan fingerprint density at radius 2 is 1.31 bits per heavy atom. The van der Waals surface area contributed by atoms with E-state index in [2.05, 4.69) is 0 Å². The molecule has 0 bridgehead atoms. The van der Waals surface area contributed by atoms with Gasteiger partial charge in [-0.2, -0.15) is 4.39 Å². The number of hydrogen-bond acceptors (Lipinski definition) is 1. The average molecular weight is 404 g/mol. The maximum Gasteiger partial charge on any atom is 0.200 e. The van der Waals surface area contributed by atoms with Gasteiger partial charge < -0.3 is 4.74 Å². The second kappa shape index (κ2) is 7.17. The second-order valence-corrected chi connectivity index (χ2v) is 6.99. The van der Waals surface area contributed by atoms with Gasteiger partial charge in [-0.1, -0.05) is 18.2 Å². The van der Waals surface area contributed by atoms with Crippen molar-refractivity contribution in [3.8, 4) is 28.0 Å². The fourth-order valence-corrected chi connectivity index (χ4v) is 3.73. The molecule has 1 aliphatic carbocycles. The van der Waals surface area contributed by atoms with Crippen molar-refractivity contribution in [2.45, 2.75) is 26.7 Å². The first-order valence-electron chi connectivity index (χ1n) is 9.25. The van der Waals surface area contributed by atoms with Gasteiger partial charge in [0.1, 0.15) is 5.82 Å². The summed E-state index contributed by atoms with van der Waals surface area (Å²) in [5.41, 5.74) is 1.42. The van der Waals surface area contributed by atoms with Crippen molar-refractivity contribution in [3.63, 3.8) is 0 Å². The van der Waals surface area contributed by atoms with Crippen molar-refractivity contribution in [1.82, 2.24) is 0 Å². The quantitative estimate of drug-likeness (QED) is 0.344. The summed E-state index contributed by atoms with van der Waals surface area (Å²) in [7, 11) is 0. The van der Waals surface area contributed by atoms with Crippen LogP contribution in [0.15, 0.2) is 30.3 Å². The van der Waals surface area contributed by atoms with E-state index < -0.39 is 29.1 Å². The van der Waals surface area contributed by atoms with Crippen molar-refractivity contribution in [2.75, 3.05) is 6.61 Å². The molecular weight excluding hydrogens is 387 g/mol. The van der Waals surface area contributed by atoms with Gasteiger partial charge in [0.25, 0.3) is 0 Å². The number of hydrogen-bond donors (Lipinski definition) is 0. The van der Waals surface area contributed by atoms with E-state index in [0.29, 0.717) is 11.1 Å². The first-order chi connectivity index (χ1) is 13.8. The van der Waals surface area contributed by atoms with E-state index in [9.17, 15) is 22.0 Å². The van der Waals surface area contributed by atoms with E-state index >= 15 is 0 Å². The van der Waals surface area contributed by atoms with Crippen molar-refractivity contribution < 1.29 is 26.7 Å². The lowest BCUT2D eigenvalue weighted by molar-refractivity contribution is 0.313. The smallest absolute Gasteiger partial charge is 0.200 e. The molecule has 29 heavy (non-hydrogen) atoms. The standard InChI is InChI=1S/C23H17F5O/c1-3-29-16-9-7-13(21(26)22(16)27)5-4-12-6-8-14-15-10-11(2)19(24)23(28)18(15)17(14)20(12)25/h6-10H,3-5H2,1-2H3. The van der Waals surface area contributed by atoms with Crippen molar-refractivity contribution in [1.29, 1.82) is 0 Å². The average Bonchev–Trinajstić information content (AvgIpc) is 2.69. The van der Waals surface area contributed by atoms with E-state index in [1.807, 2.05) is 0 Å². The van der Waals surface area contributed by atoms with Gasteiger partial charge in [0.05, 0.1) is 6.61 Å². The Hall–Kier alpha value is -2.89. The molecule has 3 aromatic rings. The normalized spacial score (nSPS) is 11.7. The zero-order valence-electron chi connectivity index (χ0n) is 15.8. The molecule has 0 N–H and O–H groups in total. The van der Waals surface area contributed by atoms with Crippen LogP contribution in [-0.2, 0) is 12.8 Å². The SMILES string of the molecule is CCOc1ccc(CCc2ccc3c(c2F)-c2c-3cc(C)c(F)c2F)c(F)c1F. The van der Waals surface area contributed by atoms with E-state index in [0.717, 1.165) is 0 Å². The van der Waals surface area contributed by atoms with Crippen molar-refractivity contribution >= 4 is 0 Å². The van der Waals surface area contributed by atoms with Gasteiger partial charge in [0.2, 0.25) is 5.82 Å². The number of ether oxygens (including phenoxy) is 1. The Morgan fingerprint density at radius 3 is 2.00 bits per heavy atom. The fraction of sp³-hybridized carbons (Fsp3) is 0.217. The molecule has 6 heteroatoms. The first kappa shape index (κ1) is 19.4. The Bertz CT molecular complexity index is 1140. The molecule has 0 heterocycles. The lowest BCUT2D eigenvalue weighted by Crippen LogP contribution is -2.10. The number of fused-ring (bicyclic) bond motifs is 4. The van der Waals surface area contributed by atoms with Crippen LogP contribution in [0.3, 0.4) is 0 Å². The molecule has 0 aromatic heterocycles. The topological polar surface area (TPSA) is 9.23 Å². The van der Waals surface area contributed by atoms with Crippen LogP contribution in [0, 0.1) is 36.0 Å². The van der Waals surface area contributed by atoms with Crippen LogP contribution in [0.2, 0.25) is 0 Å². The van der Waals surface area contributed by atoms with Gasteiger partial charge in [0, 0.05) is 11.1 Å². The molecule has 1 aliphatic rings. The molecular formula is C23H17F5O. The molecule has 0 saturated heterocycles. The molecule has 0 radical (unpaired) electrons. The van der Waals surface area contributed by atoms with Crippen LogP contribution in [0.4, 0.5) is 22.0 Å². The number of aryl methyl sites for hydroxylation is 3. The summed E-state index contributed by atoms with van der Waals surface area (Å²) in [5.74, 6) is -5.01. The minimum absolute atomic E-state index is 0.0345. The molecule has 0 aliphatic heterocycles. The van der Waals surface area contributed by atoms with Crippen LogP contribution in [-0.4, -0.2) is 6.61 Å². The highest BCUT2D eigenvalue weighted by molar-refractivity contribution is 6.03. The number of rotatable bonds is 5. The lowest BCUT2D eigenvalue weighted by atomic mass is 9.77. The Labute approximate surface area is 164 Å². The molecule has 1 nitrogen and oxygen atoms in total. The summed E-state index contributed by atoms with van der Waals surface area (Å²) in [6.07, 6.45) is 0.122. The van der Waals surface area contributed by atoms with Gasteiger partial charge in [-0.05, 0) is 66.6 Å². The van der Waals surface area contributed by atoms with Crippen molar-refractivity contribution in [2.24, 2.45) is 0 Å². The van der Waals surface area contributed by atoms with Gasteiger partial charge in [-0.25, -0.2) is 17.6 Å². The van der Waals surface area contributed by atoms with Gasteiger partial charge >= 0.3 is 0 Å². The number of halogens is 5. The van der Waals surface area contributed by atoms with Gasteiger partial charge in [-0.15, -0.1) is 0 Å².